The molecular formula is C19H19BrO6S. The van der Waals surface area contributed by atoms with Gasteiger partial charge in [-0.15, -0.1) is 11.3 Å². The molecule has 0 aliphatic rings. The Hall–Kier alpha value is -2.19. The smallest absolute Gasteiger partial charge is 0.351 e. The molecule has 0 saturated carbocycles. The van der Waals surface area contributed by atoms with Gasteiger partial charge in [0.1, 0.15) is 11.9 Å². The van der Waals surface area contributed by atoms with Crippen LogP contribution in [0.15, 0.2) is 28.7 Å². The minimum Gasteiger partial charge on any atom is -0.479 e. The molecule has 0 bridgehead atoms. The van der Waals surface area contributed by atoms with Gasteiger partial charge < -0.3 is 14.2 Å². The fraction of sp³-hybridized carbons (Fsp3) is 0.316. The molecule has 0 aliphatic heterocycles. The first-order chi connectivity index (χ1) is 12.7. The standard InChI is InChI=1S/C19H19BrO6S/c1-19(2,3)26-13(22)10-25-15-14(20)16(27-17(15)18(23)24-4)12-7-5-6-11(8-12)9-21/h5-9H,10H2,1-4H3. The van der Waals surface area contributed by atoms with Gasteiger partial charge in [-0.25, -0.2) is 9.59 Å². The van der Waals surface area contributed by atoms with Gasteiger partial charge in [-0.2, -0.15) is 0 Å². The number of thiophene rings is 1. The van der Waals surface area contributed by atoms with Crippen molar-refractivity contribution in [3.63, 3.8) is 0 Å². The SMILES string of the molecule is COC(=O)c1sc(-c2cccc(C=O)c2)c(Br)c1OCC(=O)OC(C)(C)C. The molecule has 0 unspecified atom stereocenters. The number of esters is 2. The number of carbonyl (C=O) groups is 3. The van der Waals surface area contributed by atoms with E-state index < -0.39 is 17.5 Å². The average Bonchev–Trinajstić information content (AvgIpc) is 2.94. The summed E-state index contributed by atoms with van der Waals surface area (Å²) in [7, 11) is 1.26. The van der Waals surface area contributed by atoms with Gasteiger partial charge in [-0.3, -0.25) is 4.79 Å². The minimum atomic E-state index is -0.641. The normalized spacial score (nSPS) is 11.0. The molecule has 0 amide bonds. The maximum absolute atomic E-state index is 12.1. The van der Waals surface area contributed by atoms with Gasteiger partial charge in [-0.05, 0) is 48.3 Å². The fourth-order valence-corrected chi connectivity index (χ4v) is 4.16. The van der Waals surface area contributed by atoms with E-state index in [1.54, 1.807) is 39.0 Å². The number of carbonyl (C=O) groups excluding carboxylic acids is 3. The third-order valence-electron chi connectivity index (χ3n) is 3.22. The lowest BCUT2D eigenvalue weighted by Crippen LogP contribution is -2.27. The lowest BCUT2D eigenvalue weighted by Gasteiger charge is -2.19. The molecule has 0 fully saturated rings. The highest BCUT2D eigenvalue weighted by atomic mass is 79.9. The molecule has 2 rings (SSSR count). The van der Waals surface area contributed by atoms with Crippen molar-refractivity contribution in [3.8, 4) is 16.2 Å². The van der Waals surface area contributed by atoms with E-state index in [2.05, 4.69) is 15.9 Å². The lowest BCUT2D eigenvalue weighted by molar-refractivity contribution is -0.157. The summed E-state index contributed by atoms with van der Waals surface area (Å²) in [6, 6.07) is 6.92. The highest BCUT2D eigenvalue weighted by Gasteiger charge is 2.26. The van der Waals surface area contributed by atoms with Gasteiger partial charge in [0.05, 0.1) is 16.5 Å². The summed E-state index contributed by atoms with van der Waals surface area (Å²) in [6.45, 7) is 4.90. The number of halogens is 1. The molecule has 0 N–H and O–H groups in total. The first-order valence-corrected chi connectivity index (χ1v) is 9.58. The summed E-state index contributed by atoms with van der Waals surface area (Å²) in [6.07, 6.45) is 0.742. The molecule has 8 heteroatoms. The molecule has 27 heavy (non-hydrogen) atoms. The van der Waals surface area contributed by atoms with E-state index in [9.17, 15) is 14.4 Å². The van der Waals surface area contributed by atoms with E-state index in [1.807, 2.05) is 6.07 Å². The summed E-state index contributed by atoms with van der Waals surface area (Å²) in [4.78, 5) is 36.0. The Morgan fingerprint density at radius 1 is 1.26 bits per heavy atom. The molecule has 0 radical (unpaired) electrons. The number of ether oxygens (including phenoxy) is 3. The highest BCUT2D eigenvalue weighted by Crippen LogP contribution is 2.46. The van der Waals surface area contributed by atoms with E-state index in [4.69, 9.17) is 14.2 Å². The zero-order chi connectivity index (χ0) is 20.2. The van der Waals surface area contributed by atoms with Crippen LogP contribution in [0.3, 0.4) is 0 Å². The molecule has 1 aromatic carbocycles. The van der Waals surface area contributed by atoms with Crippen LogP contribution in [0.5, 0.6) is 5.75 Å². The average molecular weight is 455 g/mol. The maximum atomic E-state index is 12.1. The van der Waals surface area contributed by atoms with E-state index in [0.717, 1.165) is 23.2 Å². The summed E-state index contributed by atoms with van der Waals surface area (Å²) in [5.41, 5.74) is 0.593. The van der Waals surface area contributed by atoms with Gasteiger partial charge in [-0.1, -0.05) is 18.2 Å². The first kappa shape index (κ1) is 21.1. The molecule has 0 aliphatic carbocycles. The number of rotatable bonds is 6. The Morgan fingerprint density at radius 3 is 2.56 bits per heavy atom. The van der Waals surface area contributed by atoms with Crippen LogP contribution in [0.1, 0.15) is 40.8 Å². The number of hydrogen-bond acceptors (Lipinski definition) is 7. The largest absolute Gasteiger partial charge is 0.479 e. The zero-order valence-electron chi connectivity index (χ0n) is 15.3. The van der Waals surface area contributed by atoms with Crippen LogP contribution in [-0.2, 0) is 14.3 Å². The molecule has 1 heterocycles. The zero-order valence-corrected chi connectivity index (χ0v) is 17.7. The lowest BCUT2D eigenvalue weighted by atomic mass is 10.1. The van der Waals surface area contributed by atoms with Crippen LogP contribution in [0.25, 0.3) is 10.4 Å². The third kappa shape index (κ3) is 5.40. The molecule has 6 nitrogen and oxygen atoms in total. The van der Waals surface area contributed by atoms with Crippen molar-refractivity contribution in [2.45, 2.75) is 26.4 Å². The van der Waals surface area contributed by atoms with Gasteiger partial charge in [0.2, 0.25) is 0 Å². The molecule has 0 saturated heterocycles. The summed E-state index contributed by atoms with van der Waals surface area (Å²) >= 11 is 4.57. The highest BCUT2D eigenvalue weighted by molar-refractivity contribution is 9.10. The van der Waals surface area contributed by atoms with Gasteiger partial charge in [0.25, 0.3) is 0 Å². The van der Waals surface area contributed by atoms with Crippen LogP contribution in [0.2, 0.25) is 0 Å². The maximum Gasteiger partial charge on any atom is 0.351 e. The molecule has 0 atom stereocenters. The predicted molar refractivity (Wildman–Crippen MR) is 106 cm³/mol. The van der Waals surface area contributed by atoms with Crippen molar-refractivity contribution in [2.24, 2.45) is 0 Å². The quantitative estimate of drug-likeness (QED) is 0.472. The molecule has 2 aromatic rings. The molecular weight excluding hydrogens is 436 g/mol. The molecule has 144 valence electrons. The Kier molecular flexibility index (Phi) is 6.78. The van der Waals surface area contributed by atoms with E-state index >= 15 is 0 Å². The Bertz CT molecular complexity index is 866. The van der Waals surface area contributed by atoms with E-state index in [0.29, 0.717) is 14.9 Å². The second-order valence-corrected chi connectivity index (χ2v) is 8.33. The summed E-state index contributed by atoms with van der Waals surface area (Å²) < 4.78 is 16.1. The van der Waals surface area contributed by atoms with Crippen molar-refractivity contribution < 1.29 is 28.6 Å². The van der Waals surface area contributed by atoms with Crippen molar-refractivity contribution in [2.75, 3.05) is 13.7 Å². The van der Waals surface area contributed by atoms with Crippen molar-refractivity contribution in [3.05, 3.63) is 39.2 Å². The number of benzene rings is 1. The summed E-state index contributed by atoms with van der Waals surface area (Å²) in [5, 5.41) is 0. The van der Waals surface area contributed by atoms with E-state index in [1.165, 1.54) is 7.11 Å². The second-order valence-electron chi connectivity index (χ2n) is 6.51. The Balaban J connectivity index is 2.38. The molecule has 0 spiro atoms. The Morgan fingerprint density at radius 2 is 1.96 bits per heavy atom. The summed E-state index contributed by atoms with van der Waals surface area (Å²) in [5.74, 6) is -0.942. The van der Waals surface area contributed by atoms with Crippen LogP contribution in [0.4, 0.5) is 0 Å². The van der Waals surface area contributed by atoms with Crippen LogP contribution in [-0.4, -0.2) is 37.5 Å². The van der Waals surface area contributed by atoms with Gasteiger partial charge in [0, 0.05) is 5.56 Å². The van der Waals surface area contributed by atoms with Gasteiger partial charge >= 0.3 is 11.9 Å². The van der Waals surface area contributed by atoms with E-state index in [-0.39, 0.29) is 17.2 Å². The van der Waals surface area contributed by atoms with Crippen molar-refractivity contribution in [1.82, 2.24) is 0 Å². The fourth-order valence-electron chi connectivity index (χ4n) is 2.19. The number of methoxy groups -OCH3 is 1. The van der Waals surface area contributed by atoms with Crippen LogP contribution < -0.4 is 4.74 Å². The number of hydrogen-bond donors (Lipinski definition) is 0. The topological polar surface area (TPSA) is 78.9 Å². The first-order valence-electron chi connectivity index (χ1n) is 7.97. The molecule has 1 aromatic heterocycles. The third-order valence-corrected chi connectivity index (χ3v) is 5.44. The number of aldehydes is 1. The predicted octanol–water partition coefficient (Wildman–Crippen LogP) is 4.50. The van der Waals surface area contributed by atoms with Crippen LogP contribution >= 0.6 is 27.3 Å². The van der Waals surface area contributed by atoms with Crippen molar-refractivity contribution in [1.29, 1.82) is 0 Å². The Labute approximate surface area is 169 Å². The minimum absolute atomic E-state index is 0.198. The van der Waals surface area contributed by atoms with Gasteiger partial charge in [0.15, 0.2) is 17.2 Å². The van der Waals surface area contributed by atoms with Crippen molar-refractivity contribution >= 4 is 45.5 Å². The monoisotopic (exact) mass is 454 g/mol. The second kappa shape index (κ2) is 8.67. The van der Waals surface area contributed by atoms with Crippen LogP contribution in [0, 0.1) is 0 Å².